The molecular weight excluding hydrogens is 314 g/mol. The van der Waals surface area contributed by atoms with Crippen LogP contribution in [0.15, 0.2) is 22.7 Å². The highest BCUT2D eigenvalue weighted by Gasteiger charge is 2.30. The van der Waals surface area contributed by atoms with Crippen LogP contribution in [0.5, 0.6) is 5.75 Å². The zero-order valence-electron chi connectivity index (χ0n) is 12.8. The molecule has 0 aromatic heterocycles. The van der Waals surface area contributed by atoms with Crippen molar-refractivity contribution in [2.75, 3.05) is 13.7 Å². The van der Waals surface area contributed by atoms with Crippen LogP contribution in [0.2, 0.25) is 0 Å². The Kier molecular flexibility index (Phi) is 5.50. The number of hydrogen-bond donors (Lipinski definition) is 1. The molecule has 0 unspecified atom stereocenters. The summed E-state index contributed by atoms with van der Waals surface area (Å²) in [6.45, 7) is 5.73. The number of ether oxygens (including phenoxy) is 1. The van der Waals surface area contributed by atoms with Gasteiger partial charge in [0.2, 0.25) is 0 Å². The summed E-state index contributed by atoms with van der Waals surface area (Å²) < 4.78 is 6.66. The lowest BCUT2D eigenvalue weighted by Gasteiger charge is -2.33. The zero-order chi connectivity index (χ0) is 14.6. The Labute approximate surface area is 131 Å². The van der Waals surface area contributed by atoms with Crippen molar-refractivity contribution < 1.29 is 4.74 Å². The molecule has 1 fully saturated rings. The third kappa shape index (κ3) is 3.98. The third-order valence-corrected chi connectivity index (χ3v) is 5.14. The van der Waals surface area contributed by atoms with Crippen molar-refractivity contribution >= 4 is 15.9 Å². The van der Waals surface area contributed by atoms with Crippen LogP contribution in [0.4, 0.5) is 0 Å². The zero-order valence-corrected chi connectivity index (χ0v) is 14.4. The molecule has 1 aliphatic rings. The van der Waals surface area contributed by atoms with Gasteiger partial charge in [0.05, 0.1) is 7.11 Å². The van der Waals surface area contributed by atoms with Gasteiger partial charge in [-0.3, -0.25) is 0 Å². The van der Waals surface area contributed by atoms with Crippen LogP contribution in [-0.4, -0.2) is 19.7 Å². The standard InChI is InChI=1S/C17H26BrNO/c1-4-17(5-2,12-19-15-7-8-15)11-13-10-14(18)6-9-16(13)20-3/h6,9-10,15,19H,4-5,7-8,11-12H2,1-3H3. The summed E-state index contributed by atoms with van der Waals surface area (Å²) in [7, 11) is 1.76. The molecule has 0 spiro atoms. The summed E-state index contributed by atoms with van der Waals surface area (Å²) >= 11 is 3.58. The second-order valence-electron chi connectivity index (χ2n) is 6.00. The molecule has 3 heteroatoms. The molecule has 1 aromatic carbocycles. The lowest BCUT2D eigenvalue weighted by atomic mass is 9.76. The molecule has 0 heterocycles. The first-order chi connectivity index (χ1) is 9.62. The van der Waals surface area contributed by atoms with E-state index in [1.54, 1.807) is 7.11 Å². The Morgan fingerprint density at radius 1 is 1.30 bits per heavy atom. The smallest absolute Gasteiger partial charge is 0.122 e. The van der Waals surface area contributed by atoms with E-state index in [-0.39, 0.29) is 0 Å². The molecule has 0 amide bonds. The average Bonchev–Trinajstić information content (AvgIpc) is 3.28. The van der Waals surface area contributed by atoms with Crippen LogP contribution < -0.4 is 10.1 Å². The van der Waals surface area contributed by atoms with Crippen LogP contribution in [0.25, 0.3) is 0 Å². The van der Waals surface area contributed by atoms with Gasteiger partial charge in [-0.25, -0.2) is 0 Å². The number of methoxy groups -OCH3 is 1. The van der Waals surface area contributed by atoms with E-state index < -0.39 is 0 Å². The lowest BCUT2D eigenvalue weighted by molar-refractivity contribution is 0.242. The highest BCUT2D eigenvalue weighted by molar-refractivity contribution is 9.10. The first kappa shape index (κ1) is 15.8. The van der Waals surface area contributed by atoms with Gasteiger partial charge in [0.1, 0.15) is 5.75 Å². The van der Waals surface area contributed by atoms with Crippen molar-refractivity contribution in [3.05, 3.63) is 28.2 Å². The van der Waals surface area contributed by atoms with E-state index in [1.165, 1.54) is 31.2 Å². The summed E-state index contributed by atoms with van der Waals surface area (Å²) in [6, 6.07) is 7.08. The molecule has 20 heavy (non-hydrogen) atoms. The molecule has 2 rings (SSSR count). The molecule has 0 aliphatic heterocycles. The van der Waals surface area contributed by atoms with Crippen molar-refractivity contribution in [2.24, 2.45) is 5.41 Å². The van der Waals surface area contributed by atoms with Crippen molar-refractivity contribution in [3.63, 3.8) is 0 Å². The molecule has 0 bridgehead atoms. The minimum Gasteiger partial charge on any atom is -0.496 e. The van der Waals surface area contributed by atoms with E-state index in [9.17, 15) is 0 Å². The summed E-state index contributed by atoms with van der Waals surface area (Å²) in [5, 5.41) is 3.72. The van der Waals surface area contributed by atoms with Gasteiger partial charge in [0, 0.05) is 17.1 Å². The molecule has 1 N–H and O–H groups in total. The molecule has 1 aromatic rings. The van der Waals surface area contributed by atoms with Crippen LogP contribution >= 0.6 is 15.9 Å². The normalized spacial score (nSPS) is 15.4. The number of rotatable bonds is 8. The average molecular weight is 340 g/mol. The Morgan fingerprint density at radius 2 is 2.00 bits per heavy atom. The fraction of sp³-hybridized carbons (Fsp3) is 0.647. The maximum Gasteiger partial charge on any atom is 0.122 e. The first-order valence-electron chi connectivity index (χ1n) is 7.68. The Balaban J connectivity index is 2.15. The molecule has 1 aliphatic carbocycles. The van der Waals surface area contributed by atoms with E-state index in [1.807, 2.05) is 6.07 Å². The predicted octanol–water partition coefficient (Wildman–Crippen LogP) is 4.56. The fourth-order valence-corrected chi connectivity index (χ4v) is 3.16. The molecular formula is C17H26BrNO. The molecule has 112 valence electrons. The number of hydrogen-bond acceptors (Lipinski definition) is 2. The van der Waals surface area contributed by atoms with Gasteiger partial charge in [-0.1, -0.05) is 29.8 Å². The highest BCUT2D eigenvalue weighted by Crippen LogP contribution is 2.35. The van der Waals surface area contributed by atoms with Crippen LogP contribution in [0.3, 0.4) is 0 Å². The van der Waals surface area contributed by atoms with Crippen molar-refractivity contribution in [1.82, 2.24) is 5.32 Å². The Morgan fingerprint density at radius 3 is 2.55 bits per heavy atom. The maximum absolute atomic E-state index is 5.53. The van der Waals surface area contributed by atoms with Crippen LogP contribution in [-0.2, 0) is 6.42 Å². The molecule has 0 radical (unpaired) electrons. The summed E-state index contributed by atoms with van der Waals surface area (Å²) in [6.07, 6.45) is 6.16. The van der Waals surface area contributed by atoms with E-state index in [4.69, 9.17) is 4.74 Å². The van der Waals surface area contributed by atoms with Crippen molar-refractivity contribution in [3.8, 4) is 5.75 Å². The van der Waals surface area contributed by atoms with Gasteiger partial charge < -0.3 is 10.1 Å². The molecule has 2 nitrogen and oxygen atoms in total. The largest absolute Gasteiger partial charge is 0.496 e. The summed E-state index contributed by atoms with van der Waals surface area (Å²) in [4.78, 5) is 0. The van der Waals surface area contributed by atoms with E-state index in [0.717, 1.165) is 29.2 Å². The third-order valence-electron chi connectivity index (χ3n) is 4.65. The second kappa shape index (κ2) is 6.95. The minimum atomic E-state index is 0.330. The molecule has 0 atom stereocenters. The predicted molar refractivity (Wildman–Crippen MR) is 88.4 cm³/mol. The van der Waals surface area contributed by atoms with Crippen LogP contribution in [0.1, 0.15) is 45.1 Å². The number of nitrogens with one attached hydrogen (secondary N) is 1. The van der Waals surface area contributed by atoms with Gasteiger partial charge >= 0.3 is 0 Å². The highest BCUT2D eigenvalue weighted by atomic mass is 79.9. The van der Waals surface area contributed by atoms with Crippen molar-refractivity contribution in [1.29, 1.82) is 0 Å². The summed E-state index contributed by atoms with van der Waals surface area (Å²) in [5.41, 5.74) is 1.64. The maximum atomic E-state index is 5.53. The van der Waals surface area contributed by atoms with E-state index >= 15 is 0 Å². The van der Waals surface area contributed by atoms with Gasteiger partial charge in [-0.05, 0) is 61.3 Å². The van der Waals surface area contributed by atoms with Crippen LogP contribution in [0, 0.1) is 5.41 Å². The fourth-order valence-electron chi connectivity index (χ4n) is 2.75. The lowest BCUT2D eigenvalue weighted by Crippen LogP contribution is -2.36. The van der Waals surface area contributed by atoms with Gasteiger partial charge in [0.25, 0.3) is 0 Å². The Bertz CT molecular complexity index is 439. The Hall–Kier alpha value is -0.540. The van der Waals surface area contributed by atoms with Gasteiger partial charge in [0.15, 0.2) is 0 Å². The van der Waals surface area contributed by atoms with Gasteiger partial charge in [-0.15, -0.1) is 0 Å². The van der Waals surface area contributed by atoms with E-state index in [0.29, 0.717) is 5.41 Å². The number of halogens is 1. The monoisotopic (exact) mass is 339 g/mol. The quantitative estimate of drug-likeness (QED) is 0.749. The first-order valence-corrected chi connectivity index (χ1v) is 8.47. The summed E-state index contributed by atoms with van der Waals surface area (Å²) in [5.74, 6) is 1.01. The number of benzene rings is 1. The van der Waals surface area contributed by atoms with E-state index in [2.05, 4.69) is 47.2 Å². The second-order valence-corrected chi connectivity index (χ2v) is 6.91. The topological polar surface area (TPSA) is 21.3 Å². The molecule has 1 saturated carbocycles. The SMILES string of the molecule is CCC(CC)(CNC1CC1)Cc1cc(Br)ccc1OC. The molecule has 0 saturated heterocycles. The van der Waals surface area contributed by atoms with Gasteiger partial charge in [-0.2, -0.15) is 0 Å². The van der Waals surface area contributed by atoms with Crippen molar-refractivity contribution in [2.45, 2.75) is 52.0 Å². The minimum absolute atomic E-state index is 0.330.